The lowest BCUT2D eigenvalue weighted by atomic mass is 10.1. The van der Waals surface area contributed by atoms with Gasteiger partial charge in [-0.15, -0.1) is 5.10 Å². The van der Waals surface area contributed by atoms with Crippen LogP contribution in [0.5, 0.6) is 16.7 Å². The number of halogens is 1. The van der Waals surface area contributed by atoms with E-state index in [1.165, 1.54) is 11.3 Å². The van der Waals surface area contributed by atoms with Crippen LogP contribution in [-0.2, 0) is 20.0 Å². The number of methoxy groups -OCH3 is 2. The molecule has 206 valence electrons. The van der Waals surface area contributed by atoms with E-state index in [0.29, 0.717) is 51.9 Å². The topological polar surface area (TPSA) is 106 Å². The van der Waals surface area contributed by atoms with E-state index in [0.717, 1.165) is 34.2 Å². The van der Waals surface area contributed by atoms with Crippen LogP contribution in [0, 0.1) is 0 Å². The molecule has 0 bridgehead atoms. The summed E-state index contributed by atoms with van der Waals surface area (Å²) in [6.45, 7) is 7.32. The van der Waals surface area contributed by atoms with Crippen molar-refractivity contribution in [2.24, 2.45) is 0 Å². The van der Waals surface area contributed by atoms with Crippen LogP contribution in [0.4, 0.5) is 5.13 Å². The number of aromatic nitrogens is 4. The van der Waals surface area contributed by atoms with Gasteiger partial charge in [0.15, 0.2) is 10.9 Å². The molecule has 1 aromatic carbocycles. The summed E-state index contributed by atoms with van der Waals surface area (Å²) in [4.78, 5) is 13.6. The van der Waals surface area contributed by atoms with Crippen LogP contribution in [0.3, 0.4) is 0 Å². The molecule has 5 heterocycles. The van der Waals surface area contributed by atoms with Crippen molar-refractivity contribution in [1.29, 1.82) is 0 Å². The minimum Gasteiger partial charge on any atom is -0.496 e. The Morgan fingerprint density at radius 2 is 1.90 bits per heavy atom. The van der Waals surface area contributed by atoms with E-state index in [-0.39, 0.29) is 6.61 Å². The van der Waals surface area contributed by atoms with Crippen molar-refractivity contribution in [2.45, 2.75) is 26.1 Å². The zero-order valence-electron chi connectivity index (χ0n) is 21.7. The lowest BCUT2D eigenvalue weighted by molar-refractivity contribution is 0.122. The average Bonchev–Trinajstić information content (AvgIpc) is 3.73. The van der Waals surface area contributed by atoms with Crippen LogP contribution in [0.1, 0.15) is 24.4 Å². The number of hydrogen-bond donors (Lipinski definition) is 0. The highest BCUT2D eigenvalue weighted by Gasteiger charge is 2.30. The molecule has 0 saturated carbocycles. The van der Waals surface area contributed by atoms with Crippen molar-refractivity contribution in [3.63, 3.8) is 0 Å². The predicted octanol–water partition coefficient (Wildman–Crippen LogP) is 5.70. The van der Waals surface area contributed by atoms with Crippen molar-refractivity contribution < 1.29 is 26.4 Å². The van der Waals surface area contributed by atoms with Gasteiger partial charge in [-0.05, 0) is 31.3 Å². The Kier molecular flexibility index (Phi) is 7.30. The van der Waals surface area contributed by atoms with E-state index < -0.39 is 5.60 Å². The first-order chi connectivity index (χ1) is 18.9. The van der Waals surface area contributed by atoms with Crippen LogP contribution in [0.15, 0.2) is 28.8 Å². The second kappa shape index (κ2) is 10.7. The summed E-state index contributed by atoms with van der Waals surface area (Å²) < 4.78 is 36.3. The fourth-order valence-electron chi connectivity index (χ4n) is 4.31. The molecule has 4 aromatic heterocycles. The monoisotopic (exact) mass is 683 g/mol. The maximum atomic E-state index is 6.40. The molecule has 6 rings (SSSR count). The Bertz CT molecular complexity index is 1590. The number of rotatable bonds is 9. The summed E-state index contributed by atoms with van der Waals surface area (Å²) in [6, 6.07) is 5.62. The molecule has 0 N–H and O–H groups in total. The van der Waals surface area contributed by atoms with Gasteiger partial charge in [-0.25, -0.2) is 14.5 Å². The third kappa shape index (κ3) is 5.15. The summed E-state index contributed by atoms with van der Waals surface area (Å²) >= 11 is 4.94. The molecule has 39 heavy (non-hydrogen) atoms. The maximum Gasteiger partial charge on any atom is 0.294 e. The van der Waals surface area contributed by atoms with Crippen LogP contribution in [0.2, 0.25) is 0 Å². The Balaban J connectivity index is 1.33. The minimum atomic E-state index is -0.529. The van der Waals surface area contributed by atoms with E-state index in [2.05, 4.69) is 15.0 Å². The Morgan fingerprint density at radius 1 is 1.08 bits per heavy atom. The molecule has 1 aliphatic rings. The number of thiazole rings is 1. The number of ether oxygens (including phenoxy) is 4. The number of benzene rings is 1. The lowest BCUT2D eigenvalue weighted by Gasteiger charge is -2.26. The van der Waals surface area contributed by atoms with Gasteiger partial charge in [-0.2, -0.15) is 0 Å². The highest BCUT2D eigenvalue weighted by molar-refractivity contribution is 14.1. The highest BCUT2D eigenvalue weighted by atomic mass is 127. The van der Waals surface area contributed by atoms with Crippen molar-refractivity contribution >= 4 is 66.7 Å². The number of nitrogens with zero attached hydrogens (tertiary/aromatic N) is 5. The third-order valence-electron chi connectivity index (χ3n) is 6.33. The van der Waals surface area contributed by atoms with Crippen LogP contribution in [0.25, 0.3) is 27.4 Å². The first kappa shape index (κ1) is 26.6. The minimum absolute atomic E-state index is 0.256. The molecule has 1 aliphatic heterocycles. The average molecular weight is 684 g/mol. The number of morpholine rings is 1. The predicted molar refractivity (Wildman–Crippen MR) is 157 cm³/mol. The maximum absolute atomic E-state index is 6.40. The summed E-state index contributed by atoms with van der Waals surface area (Å²) in [5.41, 5.74) is 1.59. The molecule has 0 atom stereocenters. The Hall–Kier alpha value is -2.66. The van der Waals surface area contributed by atoms with Crippen molar-refractivity contribution in [3.05, 3.63) is 35.0 Å². The van der Waals surface area contributed by atoms with Gasteiger partial charge in [0.05, 0.1) is 49.6 Å². The van der Waals surface area contributed by atoms with Gasteiger partial charge in [0, 0.05) is 25.2 Å². The second-order valence-corrected chi connectivity index (χ2v) is 11.7. The number of hydrogen-bond acceptors (Lipinski definition) is 12. The number of fused-ring (bicyclic) bond motifs is 2. The van der Waals surface area contributed by atoms with Gasteiger partial charge < -0.3 is 31.3 Å². The smallest absolute Gasteiger partial charge is 0.294 e. The summed E-state index contributed by atoms with van der Waals surface area (Å²) in [5, 5.41) is 6.64. The first-order valence-corrected chi connectivity index (χ1v) is 14.7. The van der Waals surface area contributed by atoms with Crippen molar-refractivity contribution in [2.75, 3.05) is 45.4 Å². The molecule has 11 nitrogen and oxygen atoms in total. The SMILES string of the molecule is COc1cc(OCc2nc(N3CCOCC3)sc2C(C)(C)OI)c2cc(-c3cn4nc(OC)sc4n3)oc2c1. The van der Waals surface area contributed by atoms with E-state index >= 15 is 0 Å². The van der Waals surface area contributed by atoms with Crippen LogP contribution >= 0.6 is 45.7 Å². The second-order valence-electron chi connectivity index (χ2n) is 9.32. The molecule has 0 aliphatic carbocycles. The van der Waals surface area contributed by atoms with E-state index in [4.69, 9.17) is 31.4 Å². The van der Waals surface area contributed by atoms with Crippen LogP contribution < -0.4 is 19.1 Å². The van der Waals surface area contributed by atoms with Gasteiger partial charge in [-0.3, -0.25) is 0 Å². The molecular formula is C25H26IN5O6S2. The summed E-state index contributed by atoms with van der Waals surface area (Å²) in [7, 11) is 3.20. The molecule has 1 fully saturated rings. The van der Waals surface area contributed by atoms with Gasteiger partial charge in [0.25, 0.3) is 5.19 Å². The normalized spacial score (nSPS) is 14.4. The standard InChI is InChI=1S/C25H26IN5O6S2/c1-25(2,37-26)21-17(28-22(38-21)30-5-7-34-8-6-30)13-35-18-9-14(32-3)10-19-15(18)11-20(36-19)16-12-31-23(27-16)39-24(29-31)33-4/h9-12H,5-8,13H2,1-4H3. The molecule has 5 aromatic rings. The Labute approximate surface area is 246 Å². The van der Waals surface area contributed by atoms with Crippen LogP contribution in [-0.4, -0.2) is 60.1 Å². The molecule has 0 radical (unpaired) electrons. The largest absolute Gasteiger partial charge is 0.496 e. The van der Waals surface area contributed by atoms with Crippen molar-refractivity contribution in [3.8, 4) is 28.1 Å². The zero-order chi connectivity index (χ0) is 27.1. The summed E-state index contributed by atoms with van der Waals surface area (Å²) in [5.74, 6) is 1.85. The summed E-state index contributed by atoms with van der Waals surface area (Å²) in [6.07, 6.45) is 1.81. The number of imidazole rings is 1. The third-order valence-corrected chi connectivity index (χ3v) is 9.78. The van der Waals surface area contributed by atoms with Gasteiger partial charge in [0.1, 0.15) is 58.0 Å². The van der Waals surface area contributed by atoms with Gasteiger partial charge >= 0.3 is 0 Å². The molecule has 0 unspecified atom stereocenters. The Morgan fingerprint density at radius 3 is 2.62 bits per heavy atom. The molecule has 0 spiro atoms. The zero-order valence-corrected chi connectivity index (χ0v) is 25.5. The number of furan rings is 1. The first-order valence-electron chi connectivity index (χ1n) is 12.2. The quantitative estimate of drug-likeness (QED) is 0.180. The van der Waals surface area contributed by atoms with E-state index in [1.54, 1.807) is 30.1 Å². The molecular weight excluding hydrogens is 657 g/mol. The van der Waals surface area contributed by atoms with Crippen molar-refractivity contribution in [1.82, 2.24) is 19.6 Å². The fourth-order valence-corrected chi connectivity index (χ4v) is 6.54. The molecule has 14 heteroatoms. The molecule has 0 amide bonds. The van der Waals surface area contributed by atoms with Gasteiger partial charge in [-0.1, -0.05) is 11.3 Å². The molecule has 1 saturated heterocycles. The van der Waals surface area contributed by atoms with E-state index in [1.807, 2.05) is 61.2 Å². The number of anilines is 1. The van der Waals surface area contributed by atoms with Gasteiger partial charge in [0.2, 0.25) is 4.96 Å². The fraction of sp³-hybridized carbons (Fsp3) is 0.400. The van der Waals surface area contributed by atoms with E-state index in [9.17, 15) is 0 Å². The lowest BCUT2D eigenvalue weighted by Crippen LogP contribution is -2.36. The highest BCUT2D eigenvalue weighted by Crippen LogP contribution is 2.41.